The van der Waals surface area contributed by atoms with Crippen LogP contribution in [0, 0.1) is 28.6 Å². The molecule has 0 radical (unpaired) electrons. The van der Waals surface area contributed by atoms with Gasteiger partial charge in [-0.3, -0.25) is 0 Å². The van der Waals surface area contributed by atoms with E-state index in [1.54, 1.807) is 6.26 Å². The molecular formula is C29H42N2O5. The van der Waals surface area contributed by atoms with Gasteiger partial charge in [-0.25, -0.2) is 9.59 Å². The van der Waals surface area contributed by atoms with Gasteiger partial charge < -0.3 is 24.5 Å². The Morgan fingerprint density at radius 3 is 2.61 bits per heavy atom. The van der Waals surface area contributed by atoms with E-state index in [1.807, 2.05) is 11.0 Å². The SMILES string of the molecule is C[C@]12CC[C@H](OC(=O)N3CCNCC3)C[C@@H]1CC[C@@H]1[C@@H]2CC[C@]2(C)[C@@H](c3ccc(=O)oc3)CC[C@]12O. The van der Waals surface area contributed by atoms with Gasteiger partial charge in [-0.2, -0.15) is 0 Å². The molecule has 2 heterocycles. The van der Waals surface area contributed by atoms with E-state index in [1.165, 1.54) is 6.07 Å². The Balaban J connectivity index is 1.17. The van der Waals surface area contributed by atoms with Crippen molar-refractivity contribution in [3.63, 3.8) is 0 Å². The summed E-state index contributed by atoms with van der Waals surface area (Å²) in [6, 6.07) is 3.42. The van der Waals surface area contributed by atoms with E-state index < -0.39 is 5.60 Å². The first kappa shape index (κ1) is 24.5. The van der Waals surface area contributed by atoms with Crippen LogP contribution in [0.2, 0.25) is 0 Å². The summed E-state index contributed by atoms with van der Waals surface area (Å²) in [5.41, 5.74) is 0.0404. The maximum atomic E-state index is 12.7. The highest BCUT2D eigenvalue weighted by atomic mass is 16.6. The fourth-order valence-corrected chi connectivity index (χ4v) is 9.46. The van der Waals surface area contributed by atoms with Gasteiger partial charge in [0.2, 0.25) is 0 Å². The molecule has 0 spiro atoms. The van der Waals surface area contributed by atoms with Crippen molar-refractivity contribution in [1.29, 1.82) is 0 Å². The lowest BCUT2D eigenvalue weighted by atomic mass is 9.43. The monoisotopic (exact) mass is 498 g/mol. The normalized spacial score (nSPS) is 44.3. The van der Waals surface area contributed by atoms with Crippen LogP contribution >= 0.6 is 0 Å². The first-order valence-corrected chi connectivity index (χ1v) is 14.2. The van der Waals surface area contributed by atoms with Crippen LogP contribution in [0.15, 0.2) is 27.6 Å². The zero-order chi connectivity index (χ0) is 25.1. The van der Waals surface area contributed by atoms with Crippen LogP contribution in [0.5, 0.6) is 0 Å². The highest BCUT2D eigenvalue weighted by Crippen LogP contribution is 2.70. The van der Waals surface area contributed by atoms with Gasteiger partial charge in [0, 0.05) is 37.7 Å². The van der Waals surface area contributed by atoms with Crippen molar-refractivity contribution in [3.8, 4) is 0 Å². The number of piperazine rings is 1. The van der Waals surface area contributed by atoms with Crippen molar-refractivity contribution in [2.75, 3.05) is 26.2 Å². The number of hydrogen-bond acceptors (Lipinski definition) is 6. The molecule has 1 aliphatic heterocycles. The van der Waals surface area contributed by atoms with Gasteiger partial charge >= 0.3 is 11.7 Å². The Bertz CT molecular complexity index is 1030. The van der Waals surface area contributed by atoms with Crippen molar-refractivity contribution in [1.82, 2.24) is 10.2 Å². The number of fused-ring (bicyclic) bond motifs is 5. The van der Waals surface area contributed by atoms with E-state index in [-0.39, 0.29) is 34.6 Å². The zero-order valence-electron chi connectivity index (χ0n) is 21.8. The van der Waals surface area contributed by atoms with Gasteiger partial charge in [0.05, 0.1) is 11.9 Å². The average Bonchev–Trinajstić information content (AvgIpc) is 3.16. The van der Waals surface area contributed by atoms with E-state index in [4.69, 9.17) is 9.15 Å². The summed E-state index contributed by atoms with van der Waals surface area (Å²) >= 11 is 0. The quantitative estimate of drug-likeness (QED) is 0.632. The van der Waals surface area contributed by atoms with Gasteiger partial charge in [0.15, 0.2) is 0 Å². The number of amides is 1. The summed E-state index contributed by atoms with van der Waals surface area (Å²) in [5, 5.41) is 15.7. The number of ether oxygens (including phenoxy) is 1. The molecule has 198 valence electrons. The molecule has 1 amide bonds. The smallest absolute Gasteiger partial charge is 0.410 e. The van der Waals surface area contributed by atoms with Crippen LogP contribution in [0.25, 0.3) is 0 Å². The van der Waals surface area contributed by atoms with Crippen molar-refractivity contribution in [3.05, 3.63) is 34.4 Å². The molecule has 7 nitrogen and oxygen atoms in total. The van der Waals surface area contributed by atoms with Gasteiger partial charge in [0.25, 0.3) is 0 Å². The van der Waals surface area contributed by atoms with Crippen molar-refractivity contribution >= 4 is 6.09 Å². The minimum absolute atomic E-state index is 0.0163. The first-order valence-electron chi connectivity index (χ1n) is 14.2. The van der Waals surface area contributed by atoms with Crippen molar-refractivity contribution in [2.45, 2.75) is 89.3 Å². The van der Waals surface area contributed by atoms with Crippen molar-refractivity contribution < 1.29 is 19.1 Å². The number of hydrogen-bond donors (Lipinski definition) is 2. The summed E-state index contributed by atoms with van der Waals surface area (Å²) in [4.78, 5) is 26.1. The Kier molecular flexibility index (Phi) is 6.03. The van der Waals surface area contributed by atoms with Crippen molar-refractivity contribution in [2.24, 2.45) is 28.6 Å². The summed E-state index contributed by atoms with van der Waals surface area (Å²) in [5.74, 6) is 1.57. The minimum atomic E-state index is -0.684. The topological polar surface area (TPSA) is 92.0 Å². The molecule has 0 aromatic carbocycles. The summed E-state index contributed by atoms with van der Waals surface area (Å²) in [7, 11) is 0. The second-order valence-corrected chi connectivity index (χ2v) is 12.9. The molecule has 5 aliphatic rings. The molecule has 0 bridgehead atoms. The number of carbonyl (C=O) groups excluding carboxylic acids is 1. The summed E-state index contributed by atoms with van der Waals surface area (Å²) in [6.45, 7) is 7.88. The van der Waals surface area contributed by atoms with Crippen LogP contribution in [-0.4, -0.2) is 54.0 Å². The first-order chi connectivity index (χ1) is 17.2. The van der Waals surface area contributed by atoms with Gasteiger partial charge in [0.1, 0.15) is 6.10 Å². The van der Waals surface area contributed by atoms with E-state index in [0.29, 0.717) is 17.8 Å². The molecule has 0 unspecified atom stereocenters. The Labute approximate surface area is 214 Å². The second kappa shape index (κ2) is 8.87. The molecule has 7 heteroatoms. The number of nitrogens with one attached hydrogen (secondary N) is 1. The molecule has 4 saturated carbocycles. The van der Waals surface area contributed by atoms with Crippen LogP contribution in [-0.2, 0) is 4.74 Å². The predicted octanol–water partition coefficient (Wildman–Crippen LogP) is 4.29. The number of aliphatic hydroxyl groups is 1. The Hall–Kier alpha value is -1.86. The molecule has 2 N–H and O–H groups in total. The molecule has 6 rings (SSSR count). The third-order valence-electron chi connectivity index (χ3n) is 11.6. The fourth-order valence-electron chi connectivity index (χ4n) is 9.46. The summed E-state index contributed by atoms with van der Waals surface area (Å²) < 4.78 is 11.2. The lowest BCUT2D eigenvalue weighted by Crippen LogP contribution is -2.62. The summed E-state index contributed by atoms with van der Waals surface area (Å²) in [6.07, 6.45) is 10.5. The van der Waals surface area contributed by atoms with E-state index in [0.717, 1.165) is 89.5 Å². The molecule has 1 aromatic rings. The second-order valence-electron chi connectivity index (χ2n) is 12.9. The highest BCUT2D eigenvalue weighted by molar-refractivity contribution is 5.68. The molecule has 8 atom stereocenters. The van der Waals surface area contributed by atoms with Gasteiger partial charge in [-0.1, -0.05) is 13.8 Å². The van der Waals surface area contributed by atoms with Crippen LogP contribution in [0.3, 0.4) is 0 Å². The van der Waals surface area contributed by atoms with Crippen LogP contribution in [0.1, 0.15) is 83.1 Å². The van der Waals surface area contributed by atoms with E-state index in [2.05, 4.69) is 19.2 Å². The Morgan fingerprint density at radius 2 is 1.86 bits per heavy atom. The minimum Gasteiger partial charge on any atom is -0.446 e. The van der Waals surface area contributed by atoms with E-state index >= 15 is 0 Å². The molecule has 4 aliphatic carbocycles. The standard InChI is InChI=1S/C29H42N2O5/c1-27-10-7-21(36-26(33)31-15-13-30-14-16-31)17-20(27)4-5-24-23(27)8-11-28(2)22(9-12-29(24,28)34)19-3-6-25(32)35-18-19/h3,6,18,20-24,30,34H,4-5,7-17H2,1-2H3/t20-,21-,22+,23-,24+,27-,28+,29-/m0/s1. The molecule has 36 heavy (non-hydrogen) atoms. The maximum absolute atomic E-state index is 12.7. The van der Waals surface area contributed by atoms with Gasteiger partial charge in [-0.05, 0) is 98.5 Å². The number of nitrogens with zero attached hydrogens (tertiary/aromatic N) is 1. The Morgan fingerprint density at radius 1 is 1.06 bits per heavy atom. The molecular weight excluding hydrogens is 456 g/mol. The predicted molar refractivity (Wildman–Crippen MR) is 136 cm³/mol. The molecule has 1 saturated heterocycles. The van der Waals surface area contributed by atoms with Crippen LogP contribution < -0.4 is 10.9 Å². The lowest BCUT2D eigenvalue weighted by molar-refractivity contribution is -0.205. The third kappa shape index (κ3) is 3.67. The largest absolute Gasteiger partial charge is 0.446 e. The number of rotatable bonds is 2. The maximum Gasteiger partial charge on any atom is 0.410 e. The van der Waals surface area contributed by atoms with E-state index in [9.17, 15) is 14.7 Å². The number of carbonyl (C=O) groups is 1. The van der Waals surface area contributed by atoms with Crippen LogP contribution in [0.4, 0.5) is 4.79 Å². The lowest BCUT2D eigenvalue weighted by Gasteiger charge is -2.63. The average molecular weight is 499 g/mol. The fraction of sp³-hybridized carbons (Fsp3) is 0.793. The molecule has 5 fully saturated rings. The highest BCUT2D eigenvalue weighted by Gasteiger charge is 2.67. The zero-order valence-corrected chi connectivity index (χ0v) is 21.8. The van der Waals surface area contributed by atoms with Gasteiger partial charge in [-0.15, -0.1) is 0 Å². The third-order valence-corrected chi connectivity index (χ3v) is 11.6. The molecule has 1 aromatic heterocycles.